The largest absolute Gasteiger partial charge is 0.483 e. The van der Waals surface area contributed by atoms with Crippen LogP contribution < -0.4 is 10.1 Å². The van der Waals surface area contributed by atoms with Gasteiger partial charge in [0.2, 0.25) is 5.91 Å². The van der Waals surface area contributed by atoms with Gasteiger partial charge in [0.15, 0.2) is 6.61 Å². The Kier molecular flexibility index (Phi) is 7.90. The summed E-state index contributed by atoms with van der Waals surface area (Å²) in [5.41, 5.74) is 0.783. The van der Waals surface area contributed by atoms with E-state index in [9.17, 15) is 9.59 Å². The van der Waals surface area contributed by atoms with Crippen LogP contribution in [0, 0.1) is 0 Å². The van der Waals surface area contributed by atoms with E-state index in [1.807, 2.05) is 74.5 Å². The van der Waals surface area contributed by atoms with Crippen molar-refractivity contribution >= 4 is 34.2 Å². The first-order valence-corrected chi connectivity index (χ1v) is 10.8. The number of carbonyl (C=O) groups excluding carboxylic acids is 2. The number of hydrogen-bond acceptors (Lipinski definition) is 3. The smallest absolute Gasteiger partial charge is 0.261 e. The van der Waals surface area contributed by atoms with Crippen LogP contribution in [0.15, 0.2) is 66.7 Å². The summed E-state index contributed by atoms with van der Waals surface area (Å²) >= 11 is 6.33. The van der Waals surface area contributed by atoms with Crippen molar-refractivity contribution in [3.8, 4) is 5.75 Å². The van der Waals surface area contributed by atoms with Crippen molar-refractivity contribution in [1.29, 1.82) is 0 Å². The molecule has 0 aliphatic carbocycles. The molecule has 6 heteroatoms. The zero-order chi connectivity index (χ0) is 22.2. The third-order valence-corrected chi connectivity index (χ3v) is 5.50. The number of hydrogen-bond donors (Lipinski definition) is 1. The molecular formula is C25H27ClN2O3. The molecule has 2 amide bonds. The van der Waals surface area contributed by atoms with Crippen LogP contribution in [-0.2, 0) is 16.1 Å². The van der Waals surface area contributed by atoms with E-state index in [4.69, 9.17) is 16.3 Å². The standard InChI is InChI=1S/C25H27ClN2O3/c1-3-22(25(30)27-4-2)28(16-19-11-6-8-14-21(19)26)24(29)17-31-23-15-9-12-18-10-5-7-13-20(18)23/h5-15,22H,3-4,16-17H2,1-2H3,(H,27,30)/t22-/m1/s1. The fourth-order valence-electron chi connectivity index (χ4n) is 3.57. The number of halogens is 1. The minimum atomic E-state index is -0.611. The lowest BCUT2D eigenvalue weighted by atomic mass is 10.1. The molecule has 0 saturated carbocycles. The topological polar surface area (TPSA) is 58.6 Å². The molecule has 31 heavy (non-hydrogen) atoms. The fourth-order valence-corrected chi connectivity index (χ4v) is 3.76. The van der Waals surface area contributed by atoms with Gasteiger partial charge in [-0.25, -0.2) is 0 Å². The van der Waals surface area contributed by atoms with Gasteiger partial charge in [-0.15, -0.1) is 0 Å². The van der Waals surface area contributed by atoms with Gasteiger partial charge >= 0.3 is 0 Å². The first-order valence-electron chi connectivity index (χ1n) is 10.5. The fraction of sp³-hybridized carbons (Fsp3) is 0.280. The SMILES string of the molecule is CCNC(=O)[C@@H](CC)N(Cc1ccccc1Cl)C(=O)COc1cccc2ccccc12. The van der Waals surface area contributed by atoms with Gasteiger partial charge in [-0.1, -0.05) is 73.1 Å². The van der Waals surface area contributed by atoms with Crippen molar-refractivity contribution in [3.05, 3.63) is 77.3 Å². The zero-order valence-corrected chi connectivity index (χ0v) is 18.6. The quantitative estimate of drug-likeness (QED) is 0.521. The van der Waals surface area contributed by atoms with Crippen molar-refractivity contribution in [2.45, 2.75) is 32.9 Å². The molecule has 0 aliphatic rings. The first-order chi connectivity index (χ1) is 15.0. The summed E-state index contributed by atoms with van der Waals surface area (Å²) in [6.07, 6.45) is 0.482. The van der Waals surface area contributed by atoms with Crippen LogP contribution in [0.3, 0.4) is 0 Å². The lowest BCUT2D eigenvalue weighted by Gasteiger charge is -2.30. The highest BCUT2D eigenvalue weighted by Crippen LogP contribution is 2.25. The lowest BCUT2D eigenvalue weighted by molar-refractivity contribution is -0.142. The molecular weight excluding hydrogens is 412 g/mol. The molecule has 5 nitrogen and oxygen atoms in total. The van der Waals surface area contributed by atoms with Crippen LogP contribution >= 0.6 is 11.6 Å². The Balaban J connectivity index is 1.84. The van der Waals surface area contributed by atoms with Crippen molar-refractivity contribution in [2.24, 2.45) is 0 Å². The van der Waals surface area contributed by atoms with Gasteiger partial charge in [0.05, 0.1) is 0 Å². The summed E-state index contributed by atoms with van der Waals surface area (Å²) in [5.74, 6) is 0.178. The van der Waals surface area contributed by atoms with Gasteiger partial charge in [0.25, 0.3) is 5.91 Å². The molecule has 162 valence electrons. The summed E-state index contributed by atoms with van der Waals surface area (Å²) in [7, 11) is 0. The Morgan fingerprint density at radius 2 is 1.71 bits per heavy atom. The van der Waals surface area contributed by atoms with Crippen LogP contribution in [0.5, 0.6) is 5.75 Å². The summed E-state index contributed by atoms with van der Waals surface area (Å²) in [5, 5.41) is 5.35. The molecule has 3 aromatic carbocycles. The van der Waals surface area contributed by atoms with E-state index in [1.54, 1.807) is 11.0 Å². The average molecular weight is 439 g/mol. The van der Waals surface area contributed by atoms with Crippen molar-refractivity contribution in [3.63, 3.8) is 0 Å². The third kappa shape index (κ3) is 5.56. The minimum Gasteiger partial charge on any atom is -0.483 e. The average Bonchev–Trinajstić information content (AvgIpc) is 2.78. The van der Waals surface area contributed by atoms with E-state index in [0.717, 1.165) is 16.3 Å². The third-order valence-electron chi connectivity index (χ3n) is 5.14. The molecule has 0 unspecified atom stereocenters. The Morgan fingerprint density at radius 3 is 2.45 bits per heavy atom. The van der Waals surface area contributed by atoms with Gasteiger partial charge in [-0.3, -0.25) is 9.59 Å². The number of fused-ring (bicyclic) bond motifs is 1. The number of carbonyl (C=O) groups is 2. The van der Waals surface area contributed by atoms with Gasteiger partial charge in [0, 0.05) is 23.5 Å². The molecule has 0 heterocycles. The molecule has 3 aromatic rings. The van der Waals surface area contributed by atoms with Gasteiger partial charge in [-0.05, 0) is 36.4 Å². The van der Waals surface area contributed by atoms with E-state index >= 15 is 0 Å². The van der Waals surface area contributed by atoms with E-state index in [-0.39, 0.29) is 25.0 Å². The molecule has 0 radical (unpaired) electrons. The second kappa shape index (κ2) is 10.8. The molecule has 3 rings (SSSR count). The molecule has 0 spiro atoms. The Morgan fingerprint density at radius 1 is 1.00 bits per heavy atom. The summed E-state index contributed by atoms with van der Waals surface area (Å²) in [6, 6.07) is 20.3. The normalized spacial score (nSPS) is 11.7. The molecule has 0 aliphatic heterocycles. The first kappa shape index (κ1) is 22.6. The molecule has 0 aromatic heterocycles. The number of nitrogens with one attached hydrogen (secondary N) is 1. The zero-order valence-electron chi connectivity index (χ0n) is 17.8. The predicted molar refractivity (Wildman–Crippen MR) is 124 cm³/mol. The summed E-state index contributed by atoms with van der Waals surface area (Å²) in [6.45, 7) is 4.30. The van der Waals surface area contributed by atoms with E-state index in [2.05, 4.69) is 5.32 Å². The Bertz CT molecular complexity index is 1050. The number of benzene rings is 3. The molecule has 1 atom stereocenters. The second-order valence-electron chi connectivity index (χ2n) is 7.20. The van der Waals surface area contributed by atoms with Crippen LogP contribution in [0.4, 0.5) is 0 Å². The molecule has 0 bridgehead atoms. The number of likely N-dealkylation sites (N-methyl/N-ethyl adjacent to an activating group) is 1. The van der Waals surface area contributed by atoms with Gasteiger partial charge in [0.1, 0.15) is 11.8 Å². The van der Waals surface area contributed by atoms with Gasteiger partial charge < -0.3 is 15.0 Å². The maximum atomic E-state index is 13.3. The predicted octanol–water partition coefficient (Wildman–Crippen LogP) is 4.82. The number of amides is 2. The molecule has 1 N–H and O–H groups in total. The van der Waals surface area contributed by atoms with Gasteiger partial charge in [-0.2, -0.15) is 0 Å². The second-order valence-corrected chi connectivity index (χ2v) is 7.60. The number of nitrogens with zero attached hydrogens (tertiary/aromatic N) is 1. The number of rotatable bonds is 9. The Hall–Kier alpha value is -3.05. The summed E-state index contributed by atoms with van der Waals surface area (Å²) < 4.78 is 5.91. The van der Waals surface area contributed by atoms with E-state index < -0.39 is 6.04 Å². The highest BCUT2D eigenvalue weighted by atomic mass is 35.5. The monoisotopic (exact) mass is 438 g/mol. The van der Waals surface area contributed by atoms with Crippen molar-refractivity contribution < 1.29 is 14.3 Å². The molecule has 0 saturated heterocycles. The summed E-state index contributed by atoms with van der Waals surface area (Å²) in [4.78, 5) is 27.5. The van der Waals surface area contributed by atoms with Crippen LogP contribution in [-0.4, -0.2) is 35.9 Å². The minimum absolute atomic E-state index is 0.172. The van der Waals surface area contributed by atoms with Crippen molar-refractivity contribution in [1.82, 2.24) is 10.2 Å². The number of ether oxygens (including phenoxy) is 1. The van der Waals surface area contributed by atoms with E-state index in [0.29, 0.717) is 23.7 Å². The van der Waals surface area contributed by atoms with E-state index in [1.165, 1.54) is 0 Å². The highest BCUT2D eigenvalue weighted by Gasteiger charge is 2.29. The van der Waals surface area contributed by atoms with Crippen molar-refractivity contribution in [2.75, 3.05) is 13.2 Å². The highest BCUT2D eigenvalue weighted by molar-refractivity contribution is 6.31. The Labute approximate surface area is 188 Å². The maximum Gasteiger partial charge on any atom is 0.261 e. The maximum absolute atomic E-state index is 13.3. The van der Waals surface area contributed by atoms with Crippen LogP contribution in [0.2, 0.25) is 5.02 Å². The van der Waals surface area contributed by atoms with Crippen LogP contribution in [0.25, 0.3) is 10.8 Å². The molecule has 0 fully saturated rings. The lowest BCUT2D eigenvalue weighted by Crippen LogP contribution is -2.50. The van der Waals surface area contributed by atoms with Crippen LogP contribution in [0.1, 0.15) is 25.8 Å².